The van der Waals surface area contributed by atoms with Crippen molar-refractivity contribution in [3.63, 3.8) is 0 Å². The molecule has 0 aliphatic carbocycles. The van der Waals surface area contributed by atoms with Crippen molar-refractivity contribution in [2.75, 3.05) is 31.1 Å². The summed E-state index contributed by atoms with van der Waals surface area (Å²) in [5.74, 6) is 0.142. The number of hydrogen-bond acceptors (Lipinski definition) is 3. The van der Waals surface area contributed by atoms with Gasteiger partial charge in [-0.25, -0.2) is 0 Å². The Balaban J connectivity index is 2.09. The SMILES string of the molecule is CC(=O)N1CCN(c2ccc([C@@H](C)O)cc2Br)CC1. The molecule has 2 rings (SSSR count). The average molecular weight is 327 g/mol. The van der Waals surface area contributed by atoms with Crippen LogP contribution in [0.4, 0.5) is 5.69 Å². The Labute approximate surface area is 122 Å². The first-order valence-electron chi connectivity index (χ1n) is 6.47. The predicted molar refractivity (Wildman–Crippen MR) is 79.2 cm³/mol. The zero-order chi connectivity index (χ0) is 14.0. The molecule has 104 valence electrons. The highest BCUT2D eigenvalue weighted by atomic mass is 79.9. The molecule has 0 unspecified atom stereocenters. The van der Waals surface area contributed by atoms with Crippen molar-refractivity contribution in [3.8, 4) is 0 Å². The van der Waals surface area contributed by atoms with Crippen LogP contribution < -0.4 is 4.90 Å². The summed E-state index contributed by atoms with van der Waals surface area (Å²) in [5, 5.41) is 9.57. The zero-order valence-electron chi connectivity index (χ0n) is 11.3. The number of carbonyl (C=O) groups is 1. The van der Waals surface area contributed by atoms with Crippen LogP contribution in [0.5, 0.6) is 0 Å². The topological polar surface area (TPSA) is 43.8 Å². The second kappa shape index (κ2) is 5.92. The Morgan fingerprint density at radius 1 is 1.32 bits per heavy atom. The minimum absolute atomic E-state index is 0.142. The Morgan fingerprint density at radius 3 is 2.42 bits per heavy atom. The van der Waals surface area contributed by atoms with E-state index in [2.05, 4.69) is 20.8 Å². The highest BCUT2D eigenvalue weighted by molar-refractivity contribution is 9.10. The highest BCUT2D eigenvalue weighted by Gasteiger charge is 2.20. The fourth-order valence-corrected chi connectivity index (χ4v) is 2.95. The molecule has 0 spiro atoms. The number of aliphatic hydroxyl groups is 1. The molecule has 1 atom stereocenters. The van der Waals surface area contributed by atoms with Gasteiger partial charge >= 0.3 is 0 Å². The van der Waals surface area contributed by atoms with Crippen LogP contribution in [0.2, 0.25) is 0 Å². The van der Waals surface area contributed by atoms with Crippen LogP contribution in [0.25, 0.3) is 0 Å². The van der Waals surface area contributed by atoms with Crippen molar-refractivity contribution in [2.24, 2.45) is 0 Å². The first kappa shape index (κ1) is 14.3. The smallest absolute Gasteiger partial charge is 0.219 e. The van der Waals surface area contributed by atoms with Gasteiger partial charge in [0, 0.05) is 37.6 Å². The van der Waals surface area contributed by atoms with E-state index in [4.69, 9.17) is 0 Å². The van der Waals surface area contributed by atoms with Gasteiger partial charge in [-0.15, -0.1) is 0 Å². The maximum atomic E-state index is 11.3. The van der Waals surface area contributed by atoms with Gasteiger partial charge in [-0.05, 0) is 40.5 Å². The molecule has 0 bridgehead atoms. The number of hydrogen-bond donors (Lipinski definition) is 1. The Bertz CT molecular complexity index is 469. The molecule has 1 fully saturated rings. The van der Waals surface area contributed by atoms with Crippen LogP contribution in [-0.4, -0.2) is 42.1 Å². The van der Waals surface area contributed by atoms with E-state index in [-0.39, 0.29) is 5.91 Å². The van der Waals surface area contributed by atoms with Crippen LogP contribution in [0.3, 0.4) is 0 Å². The molecule has 1 heterocycles. The molecule has 1 N–H and O–H groups in total. The lowest BCUT2D eigenvalue weighted by molar-refractivity contribution is -0.129. The first-order valence-corrected chi connectivity index (χ1v) is 7.26. The Kier molecular flexibility index (Phi) is 4.47. The third kappa shape index (κ3) is 3.28. The lowest BCUT2D eigenvalue weighted by atomic mass is 10.1. The minimum atomic E-state index is -0.458. The van der Waals surface area contributed by atoms with E-state index in [1.165, 1.54) is 0 Å². The van der Waals surface area contributed by atoms with Gasteiger partial charge in [0.1, 0.15) is 0 Å². The molecular formula is C14H19BrN2O2. The number of rotatable bonds is 2. The van der Waals surface area contributed by atoms with Gasteiger partial charge in [-0.1, -0.05) is 6.07 Å². The van der Waals surface area contributed by atoms with Crippen molar-refractivity contribution < 1.29 is 9.90 Å². The van der Waals surface area contributed by atoms with Gasteiger partial charge in [0.15, 0.2) is 0 Å². The summed E-state index contributed by atoms with van der Waals surface area (Å²) in [7, 11) is 0. The molecule has 5 heteroatoms. The predicted octanol–water partition coefficient (Wildman–Crippen LogP) is 2.17. The number of amides is 1. The van der Waals surface area contributed by atoms with E-state index in [1.807, 2.05) is 23.1 Å². The highest BCUT2D eigenvalue weighted by Crippen LogP contribution is 2.30. The molecule has 1 aromatic rings. The number of benzene rings is 1. The van der Waals surface area contributed by atoms with Crippen molar-refractivity contribution in [1.82, 2.24) is 4.90 Å². The van der Waals surface area contributed by atoms with Crippen LogP contribution in [0, 0.1) is 0 Å². The first-order chi connectivity index (χ1) is 8.99. The van der Waals surface area contributed by atoms with E-state index in [9.17, 15) is 9.90 Å². The largest absolute Gasteiger partial charge is 0.389 e. The minimum Gasteiger partial charge on any atom is -0.389 e. The molecule has 0 radical (unpaired) electrons. The summed E-state index contributed by atoms with van der Waals surface area (Å²) >= 11 is 3.56. The van der Waals surface area contributed by atoms with E-state index in [0.717, 1.165) is 41.9 Å². The third-order valence-electron chi connectivity index (χ3n) is 3.52. The summed E-state index contributed by atoms with van der Waals surface area (Å²) in [4.78, 5) is 15.4. The standard InChI is InChI=1S/C14H19BrN2O2/c1-10(18)12-3-4-14(13(15)9-12)17-7-5-16(6-8-17)11(2)19/h3-4,9-10,18H,5-8H2,1-2H3/t10-/m1/s1. The maximum Gasteiger partial charge on any atom is 0.219 e. The van der Waals surface area contributed by atoms with Gasteiger partial charge in [-0.3, -0.25) is 4.79 Å². The van der Waals surface area contributed by atoms with Gasteiger partial charge in [-0.2, -0.15) is 0 Å². The molecule has 1 aromatic carbocycles. The van der Waals surface area contributed by atoms with E-state index < -0.39 is 6.10 Å². The number of piperazine rings is 1. The lowest BCUT2D eigenvalue weighted by Gasteiger charge is -2.36. The summed E-state index contributed by atoms with van der Waals surface area (Å²) in [6.45, 7) is 6.58. The number of anilines is 1. The van der Waals surface area contributed by atoms with Crippen LogP contribution in [0.1, 0.15) is 25.5 Å². The van der Waals surface area contributed by atoms with E-state index in [1.54, 1.807) is 13.8 Å². The van der Waals surface area contributed by atoms with Gasteiger partial charge in [0.05, 0.1) is 11.8 Å². The summed E-state index contributed by atoms with van der Waals surface area (Å²) in [6, 6.07) is 5.93. The molecule has 19 heavy (non-hydrogen) atoms. The number of aliphatic hydroxyl groups excluding tert-OH is 1. The molecule has 1 amide bonds. The quantitative estimate of drug-likeness (QED) is 0.905. The summed E-state index contributed by atoms with van der Waals surface area (Å²) < 4.78 is 0.988. The zero-order valence-corrected chi connectivity index (χ0v) is 12.9. The summed E-state index contributed by atoms with van der Waals surface area (Å²) in [6.07, 6.45) is -0.458. The average Bonchev–Trinajstić information content (AvgIpc) is 2.38. The number of carbonyl (C=O) groups excluding carboxylic acids is 1. The fraction of sp³-hybridized carbons (Fsp3) is 0.500. The second-order valence-corrected chi connectivity index (χ2v) is 5.73. The molecular weight excluding hydrogens is 308 g/mol. The van der Waals surface area contributed by atoms with Crippen molar-refractivity contribution >= 4 is 27.5 Å². The van der Waals surface area contributed by atoms with Gasteiger partial charge in [0.25, 0.3) is 0 Å². The van der Waals surface area contributed by atoms with Crippen molar-refractivity contribution in [2.45, 2.75) is 20.0 Å². The molecule has 0 saturated carbocycles. The molecule has 0 aromatic heterocycles. The normalized spacial score (nSPS) is 17.5. The monoisotopic (exact) mass is 326 g/mol. The third-order valence-corrected chi connectivity index (χ3v) is 4.15. The molecule has 4 nitrogen and oxygen atoms in total. The van der Waals surface area contributed by atoms with Crippen LogP contribution in [-0.2, 0) is 4.79 Å². The van der Waals surface area contributed by atoms with Gasteiger partial charge < -0.3 is 14.9 Å². The van der Waals surface area contributed by atoms with E-state index >= 15 is 0 Å². The second-order valence-electron chi connectivity index (χ2n) is 4.88. The van der Waals surface area contributed by atoms with E-state index in [0.29, 0.717) is 0 Å². The molecule has 1 aliphatic rings. The number of halogens is 1. The van der Waals surface area contributed by atoms with Crippen molar-refractivity contribution in [3.05, 3.63) is 28.2 Å². The Hall–Kier alpha value is -1.07. The lowest BCUT2D eigenvalue weighted by Crippen LogP contribution is -2.48. The number of nitrogens with zero attached hydrogens (tertiary/aromatic N) is 2. The maximum absolute atomic E-state index is 11.3. The van der Waals surface area contributed by atoms with Gasteiger partial charge in [0.2, 0.25) is 5.91 Å². The van der Waals surface area contributed by atoms with Crippen molar-refractivity contribution in [1.29, 1.82) is 0 Å². The summed E-state index contributed by atoms with van der Waals surface area (Å²) in [5.41, 5.74) is 2.02. The van der Waals surface area contributed by atoms with Crippen LogP contribution in [0.15, 0.2) is 22.7 Å². The molecule has 1 aliphatic heterocycles. The fourth-order valence-electron chi connectivity index (χ4n) is 2.30. The Morgan fingerprint density at radius 2 is 1.95 bits per heavy atom. The van der Waals surface area contributed by atoms with Crippen LogP contribution >= 0.6 is 15.9 Å². The molecule has 1 saturated heterocycles.